The van der Waals surface area contributed by atoms with Gasteiger partial charge in [-0.25, -0.2) is 4.68 Å². The molecule has 0 bridgehead atoms. The van der Waals surface area contributed by atoms with Gasteiger partial charge < -0.3 is 4.98 Å². The molecule has 1 aliphatic rings. The van der Waals surface area contributed by atoms with Crippen molar-refractivity contribution in [2.24, 2.45) is 0 Å². The van der Waals surface area contributed by atoms with Gasteiger partial charge in [-0.15, -0.1) is 5.10 Å². The first kappa shape index (κ1) is 25.3. The van der Waals surface area contributed by atoms with Crippen LogP contribution in [0.5, 0.6) is 0 Å². The van der Waals surface area contributed by atoms with Crippen LogP contribution in [0, 0.1) is 13.8 Å². The molecule has 0 aliphatic heterocycles. The molecule has 0 saturated heterocycles. The third-order valence-corrected chi connectivity index (χ3v) is 7.88. The fourth-order valence-electron chi connectivity index (χ4n) is 5.71. The highest BCUT2D eigenvalue weighted by Gasteiger charge is 2.29. The van der Waals surface area contributed by atoms with Crippen LogP contribution in [0.3, 0.4) is 0 Å². The van der Waals surface area contributed by atoms with E-state index in [1.807, 2.05) is 6.07 Å². The Balaban J connectivity index is 1.54. The maximum absolute atomic E-state index is 13.3. The summed E-state index contributed by atoms with van der Waals surface area (Å²) in [5, 5.41) is 14.3. The number of tetrazole rings is 1. The van der Waals surface area contributed by atoms with Crippen LogP contribution in [0.1, 0.15) is 92.0 Å². The number of benzene rings is 2. The first-order valence-corrected chi connectivity index (χ1v) is 13.7. The van der Waals surface area contributed by atoms with E-state index in [0.29, 0.717) is 19.1 Å². The van der Waals surface area contributed by atoms with Gasteiger partial charge in [0.05, 0.1) is 12.1 Å². The summed E-state index contributed by atoms with van der Waals surface area (Å²) >= 11 is 0. The summed E-state index contributed by atoms with van der Waals surface area (Å²) in [5.41, 5.74) is 5.24. The highest BCUT2D eigenvalue weighted by molar-refractivity contribution is 5.80. The number of H-pyrrole nitrogens is 1. The van der Waals surface area contributed by atoms with Gasteiger partial charge in [0, 0.05) is 24.2 Å². The van der Waals surface area contributed by atoms with Crippen LogP contribution in [-0.4, -0.2) is 30.1 Å². The molecule has 2 aromatic carbocycles. The average Bonchev–Trinajstić information content (AvgIpc) is 3.39. The van der Waals surface area contributed by atoms with Crippen LogP contribution >= 0.6 is 0 Å². The molecule has 1 atom stereocenters. The lowest BCUT2D eigenvalue weighted by Gasteiger charge is -2.32. The maximum Gasteiger partial charge on any atom is 0.252 e. The van der Waals surface area contributed by atoms with Crippen molar-refractivity contribution >= 4 is 10.9 Å². The van der Waals surface area contributed by atoms with Crippen molar-refractivity contribution in [2.45, 2.75) is 90.9 Å². The van der Waals surface area contributed by atoms with Crippen molar-refractivity contribution in [3.8, 4) is 0 Å². The number of nitrogens with one attached hydrogen (secondary N) is 1. The molecular weight excluding hydrogens is 460 g/mol. The molecule has 1 N–H and O–H groups in total. The Hall–Kier alpha value is -3.32. The topological polar surface area (TPSA) is 79.7 Å². The van der Waals surface area contributed by atoms with Gasteiger partial charge in [0.25, 0.3) is 5.56 Å². The van der Waals surface area contributed by atoms with Gasteiger partial charge >= 0.3 is 0 Å². The molecule has 0 amide bonds. The number of pyridine rings is 1. The van der Waals surface area contributed by atoms with Crippen molar-refractivity contribution in [3.63, 3.8) is 0 Å². The number of aromatic nitrogens is 5. The van der Waals surface area contributed by atoms with Gasteiger partial charge in [-0.05, 0) is 83.8 Å². The summed E-state index contributed by atoms with van der Waals surface area (Å²) < 4.78 is 2.09. The third kappa shape index (κ3) is 5.67. The second kappa shape index (κ2) is 11.4. The fourth-order valence-corrected chi connectivity index (χ4v) is 5.71. The summed E-state index contributed by atoms with van der Waals surface area (Å²) in [6.07, 6.45) is 7.90. The van der Waals surface area contributed by atoms with E-state index < -0.39 is 0 Å². The zero-order valence-corrected chi connectivity index (χ0v) is 22.3. The second-order valence-electron chi connectivity index (χ2n) is 10.6. The molecule has 37 heavy (non-hydrogen) atoms. The summed E-state index contributed by atoms with van der Waals surface area (Å²) in [6.45, 7) is 7.64. The smallest absolute Gasteiger partial charge is 0.252 e. The average molecular weight is 499 g/mol. The molecule has 4 aromatic rings. The summed E-state index contributed by atoms with van der Waals surface area (Å²) in [7, 11) is 0. The van der Waals surface area contributed by atoms with Crippen molar-refractivity contribution in [2.75, 3.05) is 0 Å². The summed E-state index contributed by atoms with van der Waals surface area (Å²) in [5.74, 6) is 0.924. The van der Waals surface area contributed by atoms with Crippen LogP contribution in [0.25, 0.3) is 10.9 Å². The van der Waals surface area contributed by atoms with Gasteiger partial charge in [-0.1, -0.05) is 62.9 Å². The van der Waals surface area contributed by atoms with Gasteiger partial charge in [-0.3, -0.25) is 9.69 Å². The first-order chi connectivity index (χ1) is 18.0. The Bertz CT molecular complexity index is 1390. The fraction of sp³-hybridized carbons (Fsp3) is 0.467. The largest absolute Gasteiger partial charge is 0.322 e. The van der Waals surface area contributed by atoms with Crippen LogP contribution in [0.15, 0.2) is 53.3 Å². The van der Waals surface area contributed by atoms with Crippen molar-refractivity contribution in [1.82, 2.24) is 30.1 Å². The van der Waals surface area contributed by atoms with E-state index in [2.05, 4.69) is 93.3 Å². The van der Waals surface area contributed by atoms with E-state index in [1.54, 1.807) is 0 Å². The van der Waals surface area contributed by atoms with E-state index in [0.717, 1.165) is 48.0 Å². The highest BCUT2D eigenvalue weighted by Crippen LogP contribution is 2.33. The molecule has 0 spiro atoms. The minimum Gasteiger partial charge on any atom is -0.322 e. The van der Waals surface area contributed by atoms with Crippen LogP contribution in [-0.2, 0) is 13.1 Å². The van der Waals surface area contributed by atoms with Gasteiger partial charge in [0.2, 0.25) is 0 Å². The zero-order chi connectivity index (χ0) is 25.8. The minimum atomic E-state index is -0.0315. The normalized spacial score (nSPS) is 15.5. The lowest BCUT2D eigenvalue weighted by molar-refractivity contribution is 0.150. The molecule has 1 fully saturated rings. The van der Waals surface area contributed by atoms with E-state index in [9.17, 15) is 4.79 Å². The van der Waals surface area contributed by atoms with Gasteiger partial charge in [-0.2, -0.15) is 0 Å². The van der Waals surface area contributed by atoms with Crippen molar-refractivity contribution in [1.29, 1.82) is 0 Å². The lowest BCUT2D eigenvalue weighted by atomic mass is 9.95. The molecule has 0 radical (unpaired) electrons. The zero-order valence-electron chi connectivity index (χ0n) is 22.3. The third-order valence-electron chi connectivity index (χ3n) is 7.88. The Morgan fingerprint density at radius 1 is 1.03 bits per heavy atom. The van der Waals surface area contributed by atoms with Crippen LogP contribution in [0.4, 0.5) is 0 Å². The van der Waals surface area contributed by atoms with Crippen molar-refractivity contribution < 1.29 is 0 Å². The minimum absolute atomic E-state index is 0.0111. The van der Waals surface area contributed by atoms with E-state index in [1.165, 1.54) is 36.0 Å². The van der Waals surface area contributed by atoms with Crippen molar-refractivity contribution in [3.05, 3.63) is 87.0 Å². The monoisotopic (exact) mass is 498 g/mol. The Morgan fingerprint density at radius 2 is 1.78 bits per heavy atom. The molecule has 5 rings (SSSR count). The molecule has 0 unspecified atom stereocenters. The number of fused-ring (bicyclic) bond motifs is 1. The number of aromatic amines is 1. The first-order valence-electron chi connectivity index (χ1n) is 13.7. The van der Waals surface area contributed by atoms with Gasteiger partial charge in [0.1, 0.15) is 0 Å². The molecule has 1 aliphatic carbocycles. The lowest BCUT2D eigenvalue weighted by Crippen LogP contribution is -2.33. The number of aryl methyl sites for hydroxylation is 2. The summed E-state index contributed by atoms with van der Waals surface area (Å²) in [6, 6.07) is 17.1. The van der Waals surface area contributed by atoms with E-state index >= 15 is 0 Å². The standard InChI is InChI=1S/C30H38N6O/c1-4-11-28(29-32-33-34-36(29)26-14-9-6-10-15-26)35(19-23-12-7-5-8-13-23)20-25-18-24-16-21(2)22(3)17-27(24)31-30(25)37/h5,7-8,12-13,16-18,26,28H,4,6,9-11,14-15,19-20H2,1-3H3,(H,31,37)/t28-/m0/s1. The predicted molar refractivity (Wildman–Crippen MR) is 147 cm³/mol. The Labute approximate surface area is 218 Å². The predicted octanol–water partition coefficient (Wildman–Crippen LogP) is 6.18. The highest BCUT2D eigenvalue weighted by atomic mass is 16.1. The molecular formula is C30H38N6O. The number of nitrogens with zero attached hydrogens (tertiary/aromatic N) is 5. The molecule has 2 aromatic heterocycles. The Kier molecular flexibility index (Phi) is 7.79. The van der Waals surface area contributed by atoms with E-state index in [4.69, 9.17) is 0 Å². The molecule has 7 heteroatoms. The van der Waals surface area contributed by atoms with E-state index in [-0.39, 0.29) is 11.6 Å². The molecule has 7 nitrogen and oxygen atoms in total. The number of rotatable bonds is 9. The van der Waals surface area contributed by atoms with Gasteiger partial charge in [0.15, 0.2) is 5.82 Å². The molecule has 2 heterocycles. The molecule has 1 saturated carbocycles. The second-order valence-corrected chi connectivity index (χ2v) is 10.6. The van der Waals surface area contributed by atoms with Crippen LogP contribution < -0.4 is 5.56 Å². The summed E-state index contributed by atoms with van der Waals surface area (Å²) in [4.78, 5) is 18.8. The number of hydrogen-bond acceptors (Lipinski definition) is 5. The van der Waals surface area contributed by atoms with Crippen LogP contribution in [0.2, 0.25) is 0 Å². The molecule has 194 valence electrons. The maximum atomic E-state index is 13.3. The quantitative estimate of drug-likeness (QED) is 0.298. The Morgan fingerprint density at radius 3 is 2.54 bits per heavy atom. The number of hydrogen-bond donors (Lipinski definition) is 1. The SMILES string of the molecule is CCC[C@@H](c1nnnn1C1CCCCC1)N(Cc1ccccc1)Cc1cc2cc(C)c(C)cc2[nH]c1=O.